The predicted octanol–water partition coefficient (Wildman–Crippen LogP) is 3.27. The normalized spacial score (nSPS) is 32.0. The third-order valence-corrected chi connectivity index (χ3v) is 6.16. The van der Waals surface area contributed by atoms with E-state index in [9.17, 15) is 4.79 Å². The minimum absolute atomic E-state index is 0.0141. The summed E-state index contributed by atoms with van der Waals surface area (Å²) in [5, 5.41) is 0.701. The second kappa shape index (κ2) is 6.55. The van der Waals surface area contributed by atoms with Crippen molar-refractivity contribution < 1.29 is 14.3 Å². The summed E-state index contributed by atoms with van der Waals surface area (Å²) in [6.45, 7) is 0.448. The maximum absolute atomic E-state index is 13.1. The number of halogens is 1. The molecule has 2 atom stereocenters. The topological polar surface area (TPSA) is 64.6 Å². The Kier molecular flexibility index (Phi) is 4.15. The fourth-order valence-corrected chi connectivity index (χ4v) is 4.56. The van der Waals surface area contributed by atoms with Crippen molar-refractivity contribution in [1.82, 2.24) is 14.9 Å². The zero-order valence-electron chi connectivity index (χ0n) is 14.8. The van der Waals surface area contributed by atoms with E-state index in [0.29, 0.717) is 24.5 Å². The summed E-state index contributed by atoms with van der Waals surface area (Å²) in [6, 6.07) is 7.61. The summed E-state index contributed by atoms with van der Waals surface area (Å²) in [7, 11) is 0. The van der Waals surface area contributed by atoms with E-state index in [-0.39, 0.29) is 24.3 Å². The van der Waals surface area contributed by atoms with Crippen LogP contribution in [0.25, 0.3) is 0 Å². The number of nitrogens with zero attached hydrogens (tertiary/aromatic N) is 3. The second-order valence-corrected chi connectivity index (χ2v) is 7.84. The van der Waals surface area contributed by atoms with Crippen molar-refractivity contribution in [2.24, 2.45) is 0 Å². The molecule has 2 saturated heterocycles. The number of benzene rings is 1. The Bertz CT molecular complexity index is 857. The second-order valence-electron chi connectivity index (χ2n) is 7.44. The molecule has 6 nitrogen and oxygen atoms in total. The largest absolute Gasteiger partial charge is 0.373 e. The first-order chi connectivity index (χ1) is 13.2. The van der Waals surface area contributed by atoms with Crippen LogP contribution in [0.3, 0.4) is 0 Å². The predicted molar refractivity (Wildman–Crippen MR) is 97.7 cm³/mol. The monoisotopic (exact) mass is 385 g/mol. The van der Waals surface area contributed by atoms with Crippen LogP contribution in [0.15, 0.2) is 42.9 Å². The van der Waals surface area contributed by atoms with Gasteiger partial charge in [-0.05, 0) is 24.5 Å². The third kappa shape index (κ3) is 2.83. The fourth-order valence-electron chi connectivity index (χ4n) is 4.37. The molecule has 2 aromatic rings. The van der Waals surface area contributed by atoms with Gasteiger partial charge in [0.05, 0.1) is 30.6 Å². The van der Waals surface area contributed by atoms with Crippen LogP contribution in [-0.2, 0) is 20.9 Å². The molecule has 1 spiro atoms. The van der Waals surface area contributed by atoms with Crippen LogP contribution >= 0.6 is 11.6 Å². The van der Waals surface area contributed by atoms with Gasteiger partial charge in [-0.2, -0.15) is 0 Å². The molecule has 0 N–H and O–H groups in total. The summed E-state index contributed by atoms with van der Waals surface area (Å²) >= 11 is 6.18. The minimum atomic E-state index is -0.726. The molecule has 140 valence electrons. The van der Waals surface area contributed by atoms with Crippen molar-refractivity contribution in [2.45, 2.75) is 56.3 Å². The number of ether oxygens (including phenoxy) is 2. The average molecular weight is 386 g/mol. The van der Waals surface area contributed by atoms with Crippen LogP contribution in [0.2, 0.25) is 5.02 Å². The Labute approximate surface area is 162 Å². The number of hydrogen-bond acceptors (Lipinski definition) is 5. The van der Waals surface area contributed by atoms with Gasteiger partial charge in [-0.15, -0.1) is 0 Å². The molecule has 0 unspecified atom stereocenters. The molecule has 1 amide bonds. The first-order valence-electron chi connectivity index (χ1n) is 9.28. The van der Waals surface area contributed by atoms with Crippen LogP contribution in [0.1, 0.15) is 43.0 Å². The molecular formula is C20H20ClN3O3. The molecule has 0 bridgehead atoms. The van der Waals surface area contributed by atoms with Crippen molar-refractivity contribution >= 4 is 17.5 Å². The summed E-state index contributed by atoms with van der Waals surface area (Å²) in [5.41, 5.74) is 1.07. The van der Waals surface area contributed by atoms with E-state index in [0.717, 1.165) is 24.1 Å². The van der Waals surface area contributed by atoms with E-state index >= 15 is 0 Å². The van der Waals surface area contributed by atoms with Crippen LogP contribution in [0.5, 0.6) is 0 Å². The average Bonchev–Trinajstić information content (AvgIpc) is 3.19. The van der Waals surface area contributed by atoms with Gasteiger partial charge in [-0.3, -0.25) is 14.8 Å². The zero-order valence-corrected chi connectivity index (χ0v) is 15.5. The Morgan fingerprint density at radius 1 is 1.26 bits per heavy atom. The number of amides is 1. The van der Waals surface area contributed by atoms with E-state index in [2.05, 4.69) is 9.97 Å². The molecule has 1 saturated carbocycles. The Hall–Kier alpha value is -2.02. The minimum Gasteiger partial charge on any atom is -0.373 e. The summed E-state index contributed by atoms with van der Waals surface area (Å²) in [5.74, 6) is 0.0678. The van der Waals surface area contributed by atoms with Gasteiger partial charge in [-0.1, -0.05) is 29.8 Å². The van der Waals surface area contributed by atoms with Gasteiger partial charge in [0.15, 0.2) is 5.60 Å². The number of fused-ring (bicyclic) bond motifs is 1. The molecule has 2 aliphatic heterocycles. The number of hydrogen-bond donors (Lipinski definition) is 0. The van der Waals surface area contributed by atoms with E-state index in [1.54, 1.807) is 18.6 Å². The lowest BCUT2D eigenvalue weighted by Crippen LogP contribution is -2.54. The molecule has 1 aromatic heterocycles. The van der Waals surface area contributed by atoms with Crippen LogP contribution < -0.4 is 0 Å². The van der Waals surface area contributed by atoms with Gasteiger partial charge in [0.1, 0.15) is 6.23 Å². The van der Waals surface area contributed by atoms with Crippen molar-refractivity contribution in [3.05, 3.63) is 59.1 Å². The van der Waals surface area contributed by atoms with Gasteiger partial charge >= 0.3 is 0 Å². The maximum Gasteiger partial charge on any atom is 0.257 e. The van der Waals surface area contributed by atoms with Crippen LogP contribution in [0.4, 0.5) is 0 Å². The number of aromatic nitrogens is 2. The SMILES string of the molecule is O=C1N2[C@@H](CC[C@H]2c2cnccn2)OC12CC(OCc1ccccc1Cl)C2. The van der Waals surface area contributed by atoms with Gasteiger partial charge in [-0.25, -0.2) is 0 Å². The highest BCUT2D eigenvalue weighted by atomic mass is 35.5. The Balaban J connectivity index is 1.23. The Morgan fingerprint density at radius 3 is 2.89 bits per heavy atom. The summed E-state index contributed by atoms with van der Waals surface area (Å²) in [6.07, 6.45) is 7.79. The molecule has 3 fully saturated rings. The molecule has 3 aliphatic rings. The highest BCUT2D eigenvalue weighted by molar-refractivity contribution is 6.31. The van der Waals surface area contributed by atoms with Gasteiger partial charge in [0, 0.05) is 30.3 Å². The first-order valence-corrected chi connectivity index (χ1v) is 9.66. The first kappa shape index (κ1) is 17.1. The molecule has 5 rings (SSSR count). The zero-order chi connectivity index (χ0) is 18.4. The van der Waals surface area contributed by atoms with E-state index in [1.807, 2.05) is 29.2 Å². The third-order valence-electron chi connectivity index (χ3n) is 5.79. The van der Waals surface area contributed by atoms with E-state index in [1.165, 1.54) is 0 Å². The number of carbonyl (C=O) groups is 1. The molecule has 0 radical (unpaired) electrons. The lowest BCUT2D eigenvalue weighted by atomic mass is 9.76. The van der Waals surface area contributed by atoms with E-state index in [4.69, 9.17) is 21.1 Å². The highest BCUT2D eigenvalue weighted by Crippen LogP contribution is 2.51. The summed E-state index contributed by atoms with van der Waals surface area (Å²) < 4.78 is 12.2. The molecular weight excluding hydrogens is 366 g/mol. The lowest BCUT2D eigenvalue weighted by Gasteiger charge is -2.42. The maximum atomic E-state index is 13.1. The number of rotatable bonds is 4. The smallest absolute Gasteiger partial charge is 0.257 e. The lowest BCUT2D eigenvalue weighted by molar-refractivity contribution is -0.177. The quantitative estimate of drug-likeness (QED) is 0.808. The molecule has 7 heteroatoms. The van der Waals surface area contributed by atoms with Crippen molar-refractivity contribution in [3.8, 4) is 0 Å². The Morgan fingerprint density at radius 2 is 2.11 bits per heavy atom. The van der Waals surface area contributed by atoms with Crippen molar-refractivity contribution in [1.29, 1.82) is 0 Å². The van der Waals surface area contributed by atoms with Crippen molar-refractivity contribution in [3.63, 3.8) is 0 Å². The summed E-state index contributed by atoms with van der Waals surface area (Å²) in [4.78, 5) is 23.5. The van der Waals surface area contributed by atoms with Gasteiger partial charge < -0.3 is 14.4 Å². The molecule has 1 aromatic carbocycles. The van der Waals surface area contributed by atoms with E-state index < -0.39 is 5.60 Å². The highest BCUT2D eigenvalue weighted by Gasteiger charge is 2.63. The fraction of sp³-hybridized carbons (Fsp3) is 0.450. The van der Waals surface area contributed by atoms with Gasteiger partial charge in [0.2, 0.25) is 0 Å². The molecule has 1 aliphatic carbocycles. The van der Waals surface area contributed by atoms with Gasteiger partial charge in [0.25, 0.3) is 5.91 Å². The van der Waals surface area contributed by atoms with Crippen molar-refractivity contribution in [2.75, 3.05) is 0 Å². The molecule has 3 heterocycles. The molecule has 27 heavy (non-hydrogen) atoms. The number of carbonyl (C=O) groups excluding carboxylic acids is 1. The standard InChI is InChI=1S/C20H20ClN3O3/c21-15-4-2-1-3-13(15)12-26-14-9-20(10-14)19(25)24-17(5-6-18(24)27-20)16-11-22-7-8-23-16/h1-4,7-8,11,14,17-18H,5-6,9-10,12H2/t14?,17-,18+,20?/m0/s1. The van der Waals surface area contributed by atoms with Crippen LogP contribution in [-0.4, -0.2) is 38.7 Å². The van der Waals surface area contributed by atoms with Crippen LogP contribution in [0, 0.1) is 0 Å².